The zero-order valence-electron chi connectivity index (χ0n) is 10.7. The van der Waals surface area contributed by atoms with E-state index in [1.165, 1.54) is 0 Å². The summed E-state index contributed by atoms with van der Waals surface area (Å²) in [6.07, 6.45) is 5.43. The number of ether oxygens (including phenoxy) is 1. The van der Waals surface area contributed by atoms with Gasteiger partial charge in [-0.2, -0.15) is 0 Å². The average molecular weight is 240 g/mol. The van der Waals surface area contributed by atoms with Crippen molar-refractivity contribution < 1.29 is 9.53 Å². The molecule has 2 rings (SSSR count). The van der Waals surface area contributed by atoms with E-state index in [0.717, 1.165) is 51.8 Å². The van der Waals surface area contributed by atoms with E-state index in [9.17, 15) is 4.79 Å². The van der Waals surface area contributed by atoms with Gasteiger partial charge in [-0.25, -0.2) is 0 Å². The van der Waals surface area contributed by atoms with Crippen molar-refractivity contribution >= 4 is 5.91 Å². The van der Waals surface area contributed by atoms with Crippen molar-refractivity contribution in [3.05, 3.63) is 0 Å². The molecule has 98 valence electrons. The van der Waals surface area contributed by atoms with Crippen LogP contribution < -0.4 is 5.73 Å². The molecule has 4 heteroatoms. The van der Waals surface area contributed by atoms with Gasteiger partial charge in [-0.1, -0.05) is 6.42 Å². The maximum Gasteiger partial charge on any atom is 0.227 e. The Labute approximate surface area is 103 Å². The van der Waals surface area contributed by atoms with E-state index in [0.29, 0.717) is 0 Å². The predicted molar refractivity (Wildman–Crippen MR) is 66.5 cm³/mol. The molecule has 3 atom stereocenters. The van der Waals surface area contributed by atoms with Gasteiger partial charge in [0.15, 0.2) is 0 Å². The predicted octanol–water partition coefficient (Wildman–Crippen LogP) is 1.14. The molecule has 1 aliphatic carbocycles. The third-order valence-electron chi connectivity index (χ3n) is 3.98. The summed E-state index contributed by atoms with van der Waals surface area (Å²) < 4.78 is 5.63. The Morgan fingerprint density at radius 1 is 1.35 bits per heavy atom. The molecule has 1 saturated carbocycles. The highest BCUT2D eigenvalue weighted by atomic mass is 16.5. The van der Waals surface area contributed by atoms with Gasteiger partial charge in [0, 0.05) is 25.7 Å². The molecule has 0 aromatic carbocycles. The van der Waals surface area contributed by atoms with Crippen LogP contribution in [0.2, 0.25) is 0 Å². The molecule has 2 aliphatic rings. The Hall–Kier alpha value is -0.610. The van der Waals surface area contributed by atoms with Crippen molar-refractivity contribution in [3.8, 4) is 0 Å². The molecular weight excluding hydrogens is 216 g/mol. The lowest BCUT2D eigenvalue weighted by Crippen LogP contribution is -2.48. The summed E-state index contributed by atoms with van der Waals surface area (Å²) in [4.78, 5) is 14.3. The molecular formula is C13H24N2O2. The van der Waals surface area contributed by atoms with E-state index in [2.05, 4.69) is 0 Å². The minimum Gasteiger partial charge on any atom is -0.377 e. The molecule has 0 aromatic rings. The standard InChI is InChI=1S/C13H24N2O2/c1-2-17-10-5-4-8-15(9-10)13(16)11-6-3-7-12(11)14/h10-12H,2-9,14H2,1H3/t10-,11-,12-/m1/s1. The highest BCUT2D eigenvalue weighted by Crippen LogP contribution is 2.27. The van der Waals surface area contributed by atoms with Crippen LogP contribution in [0.1, 0.15) is 39.0 Å². The van der Waals surface area contributed by atoms with Gasteiger partial charge >= 0.3 is 0 Å². The normalized spacial score (nSPS) is 34.0. The molecule has 1 amide bonds. The Balaban J connectivity index is 1.90. The van der Waals surface area contributed by atoms with Crippen molar-refractivity contribution in [2.24, 2.45) is 11.7 Å². The molecule has 1 aliphatic heterocycles. The summed E-state index contributed by atoms with van der Waals surface area (Å²) >= 11 is 0. The number of nitrogens with zero attached hydrogens (tertiary/aromatic N) is 1. The number of hydrogen-bond acceptors (Lipinski definition) is 3. The summed E-state index contributed by atoms with van der Waals surface area (Å²) in [7, 11) is 0. The fourth-order valence-corrected chi connectivity index (χ4v) is 3.04. The van der Waals surface area contributed by atoms with Crippen LogP contribution in [0.3, 0.4) is 0 Å². The number of amides is 1. The molecule has 0 bridgehead atoms. The van der Waals surface area contributed by atoms with Crippen LogP contribution in [-0.2, 0) is 9.53 Å². The van der Waals surface area contributed by atoms with Gasteiger partial charge in [-0.15, -0.1) is 0 Å². The van der Waals surface area contributed by atoms with E-state index in [4.69, 9.17) is 10.5 Å². The molecule has 2 fully saturated rings. The first-order valence-electron chi connectivity index (χ1n) is 6.88. The molecule has 0 unspecified atom stereocenters. The van der Waals surface area contributed by atoms with Gasteiger partial charge in [0.05, 0.1) is 12.0 Å². The lowest BCUT2D eigenvalue weighted by molar-refractivity contribution is -0.139. The molecule has 4 nitrogen and oxygen atoms in total. The first-order chi connectivity index (χ1) is 8.22. The lowest BCUT2D eigenvalue weighted by atomic mass is 10.00. The van der Waals surface area contributed by atoms with Gasteiger partial charge < -0.3 is 15.4 Å². The topological polar surface area (TPSA) is 55.6 Å². The van der Waals surface area contributed by atoms with Crippen molar-refractivity contribution in [1.29, 1.82) is 0 Å². The van der Waals surface area contributed by atoms with Crippen LogP contribution in [0.5, 0.6) is 0 Å². The fraction of sp³-hybridized carbons (Fsp3) is 0.923. The highest BCUT2D eigenvalue weighted by molar-refractivity contribution is 5.80. The monoisotopic (exact) mass is 240 g/mol. The van der Waals surface area contributed by atoms with Crippen molar-refractivity contribution in [2.45, 2.75) is 51.2 Å². The third kappa shape index (κ3) is 2.99. The van der Waals surface area contributed by atoms with Crippen molar-refractivity contribution in [3.63, 3.8) is 0 Å². The first kappa shape index (κ1) is 12.8. The van der Waals surface area contributed by atoms with Crippen molar-refractivity contribution in [2.75, 3.05) is 19.7 Å². The van der Waals surface area contributed by atoms with Crippen LogP contribution in [0, 0.1) is 5.92 Å². The SMILES string of the molecule is CCO[C@@H]1CCCN(C(=O)[C@@H]2CCC[C@H]2N)C1. The maximum atomic E-state index is 12.4. The summed E-state index contributed by atoms with van der Waals surface area (Å²) in [5.41, 5.74) is 6.00. The second-order valence-corrected chi connectivity index (χ2v) is 5.21. The van der Waals surface area contributed by atoms with Gasteiger partial charge in [-0.05, 0) is 32.6 Å². The molecule has 2 N–H and O–H groups in total. The Morgan fingerprint density at radius 2 is 2.18 bits per heavy atom. The zero-order valence-corrected chi connectivity index (χ0v) is 10.7. The second-order valence-electron chi connectivity index (χ2n) is 5.21. The van der Waals surface area contributed by atoms with Crippen LogP contribution in [0.25, 0.3) is 0 Å². The number of nitrogens with two attached hydrogens (primary N) is 1. The molecule has 1 saturated heterocycles. The van der Waals surface area contributed by atoms with E-state index < -0.39 is 0 Å². The highest BCUT2D eigenvalue weighted by Gasteiger charge is 2.35. The zero-order chi connectivity index (χ0) is 12.3. The summed E-state index contributed by atoms with van der Waals surface area (Å²) in [5.74, 6) is 0.328. The third-order valence-corrected chi connectivity index (χ3v) is 3.98. The number of hydrogen-bond donors (Lipinski definition) is 1. The minimum absolute atomic E-state index is 0.0652. The second kappa shape index (κ2) is 5.83. The molecule has 1 heterocycles. The summed E-state index contributed by atoms with van der Waals surface area (Å²) in [6.45, 7) is 4.38. The Bertz CT molecular complexity index is 268. The van der Waals surface area contributed by atoms with Crippen molar-refractivity contribution in [1.82, 2.24) is 4.90 Å². The van der Waals surface area contributed by atoms with E-state index in [1.54, 1.807) is 0 Å². The summed E-state index contributed by atoms with van der Waals surface area (Å²) in [5, 5.41) is 0. The smallest absolute Gasteiger partial charge is 0.227 e. The molecule has 17 heavy (non-hydrogen) atoms. The number of likely N-dealkylation sites (tertiary alicyclic amines) is 1. The maximum absolute atomic E-state index is 12.4. The van der Waals surface area contributed by atoms with E-state index in [-0.39, 0.29) is 24.0 Å². The molecule has 0 radical (unpaired) electrons. The average Bonchev–Trinajstić information content (AvgIpc) is 2.75. The molecule has 0 spiro atoms. The van der Waals surface area contributed by atoms with Gasteiger partial charge in [-0.3, -0.25) is 4.79 Å². The first-order valence-corrected chi connectivity index (χ1v) is 6.88. The van der Waals surface area contributed by atoms with Gasteiger partial charge in [0.1, 0.15) is 0 Å². The Kier molecular flexibility index (Phi) is 4.40. The van der Waals surface area contributed by atoms with E-state index >= 15 is 0 Å². The molecule has 0 aromatic heterocycles. The Morgan fingerprint density at radius 3 is 2.82 bits per heavy atom. The van der Waals surface area contributed by atoms with Crippen LogP contribution in [0.4, 0.5) is 0 Å². The number of carbonyl (C=O) groups is 1. The fourth-order valence-electron chi connectivity index (χ4n) is 3.04. The number of piperidine rings is 1. The van der Waals surface area contributed by atoms with Crippen LogP contribution in [-0.4, -0.2) is 42.6 Å². The van der Waals surface area contributed by atoms with Gasteiger partial charge in [0.25, 0.3) is 0 Å². The van der Waals surface area contributed by atoms with Crippen LogP contribution >= 0.6 is 0 Å². The van der Waals surface area contributed by atoms with E-state index in [1.807, 2.05) is 11.8 Å². The number of carbonyl (C=O) groups excluding carboxylic acids is 1. The van der Waals surface area contributed by atoms with Gasteiger partial charge in [0.2, 0.25) is 5.91 Å². The summed E-state index contributed by atoms with van der Waals surface area (Å²) in [6, 6.07) is 0.0787. The number of rotatable bonds is 3. The lowest BCUT2D eigenvalue weighted by Gasteiger charge is -2.34. The minimum atomic E-state index is 0.0652. The van der Waals surface area contributed by atoms with Crippen LogP contribution in [0.15, 0.2) is 0 Å². The quantitative estimate of drug-likeness (QED) is 0.805. The largest absolute Gasteiger partial charge is 0.377 e.